The second-order valence-corrected chi connectivity index (χ2v) is 4.99. The highest BCUT2D eigenvalue weighted by Gasteiger charge is 2.21. The number of aromatic nitrogens is 2. The topological polar surface area (TPSA) is 90.5 Å². The second-order valence-electron chi connectivity index (χ2n) is 4.99. The van der Waals surface area contributed by atoms with E-state index in [2.05, 4.69) is 25.2 Å². The molecule has 1 aromatic heterocycles. The van der Waals surface area contributed by atoms with Crippen molar-refractivity contribution in [3.63, 3.8) is 0 Å². The van der Waals surface area contributed by atoms with Crippen LogP contribution in [0.5, 0.6) is 0 Å². The molecule has 1 fully saturated rings. The number of aliphatic hydroxyl groups is 1. The number of aliphatic hydroxyl groups excluding tert-OH is 1. The van der Waals surface area contributed by atoms with E-state index in [-0.39, 0.29) is 6.61 Å². The van der Waals surface area contributed by atoms with Gasteiger partial charge in [-0.05, 0) is 6.92 Å². The highest BCUT2D eigenvalue weighted by Crippen LogP contribution is 2.24. The Balaban J connectivity index is 2.16. The van der Waals surface area contributed by atoms with Crippen molar-refractivity contribution in [1.82, 2.24) is 14.9 Å². The molecule has 1 aliphatic rings. The first-order chi connectivity index (χ1) is 9.69. The minimum Gasteiger partial charge on any atom is -0.395 e. The average molecular weight is 280 g/mol. The van der Waals surface area contributed by atoms with E-state index in [0.29, 0.717) is 5.82 Å². The van der Waals surface area contributed by atoms with E-state index in [1.165, 1.54) is 0 Å². The summed E-state index contributed by atoms with van der Waals surface area (Å²) in [4.78, 5) is 13.6. The molecule has 0 bridgehead atoms. The van der Waals surface area contributed by atoms with E-state index < -0.39 is 0 Å². The van der Waals surface area contributed by atoms with Gasteiger partial charge in [0.15, 0.2) is 0 Å². The zero-order valence-electron chi connectivity index (χ0n) is 12.3. The molecule has 0 unspecified atom stereocenters. The van der Waals surface area contributed by atoms with Crippen LogP contribution in [0.15, 0.2) is 0 Å². The van der Waals surface area contributed by atoms with Crippen LogP contribution in [0.2, 0.25) is 0 Å². The molecule has 1 saturated heterocycles. The number of piperazine rings is 1. The van der Waals surface area contributed by atoms with Gasteiger partial charge in [0.1, 0.15) is 17.5 Å². The van der Waals surface area contributed by atoms with Gasteiger partial charge < -0.3 is 15.4 Å². The number of β-amino-alcohol motifs (C(OH)–C–C–N with tert-alkyl or cyclic N) is 1. The molecule has 7 nitrogen and oxygen atoms in total. The third-order valence-corrected chi connectivity index (χ3v) is 3.71. The van der Waals surface area contributed by atoms with Crippen molar-refractivity contribution in [1.29, 1.82) is 0 Å². The number of nitrogens with one attached hydrogen (secondary N) is 1. The molecule has 0 radical (unpaired) electrons. The molecule has 7 heteroatoms. The number of anilines is 2. The van der Waals surface area contributed by atoms with E-state index in [1.54, 1.807) is 0 Å². The fourth-order valence-corrected chi connectivity index (χ4v) is 2.48. The van der Waals surface area contributed by atoms with Crippen molar-refractivity contribution in [2.24, 2.45) is 5.84 Å². The molecule has 0 amide bonds. The van der Waals surface area contributed by atoms with Crippen LogP contribution in [-0.4, -0.2) is 59.3 Å². The Morgan fingerprint density at radius 1 is 1.25 bits per heavy atom. The van der Waals surface area contributed by atoms with Crippen LogP contribution in [0.3, 0.4) is 0 Å². The lowest BCUT2D eigenvalue weighted by Crippen LogP contribution is -2.47. The first-order valence-corrected chi connectivity index (χ1v) is 7.11. The summed E-state index contributed by atoms with van der Waals surface area (Å²) in [5.74, 6) is 8.01. The molecular formula is C13H24N6O. The van der Waals surface area contributed by atoms with Gasteiger partial charge in [-0.25, -0.2) is 15.8 Å². The molecule has 0 aromatic carbocycles. The highest BCUT2D eigenvalue weighted by molar-refractivity contribution is 5.58. The van der Waals surface area contributed by atoms with Crippen LogP contribution in [0.4, 0.5) is 11.6 Å². The van der Waals surface area contributed by atoms with Gasteiger partial charge in [0.05, 0.1) is 6.61 Å². The lowest BCUT2D eigenvalue weighted by atomic mass is 10.2. The van der Waals surface area contributed by atoms with E-state index in [1.807, 2.05) is 13.8 Å². The Morgan fingerprint density at radius 3 is 2.50 bits per heavy atom. The Labute approximate surface area is 119 Å². The molecule has 0 saturated carbocycles. The first kappa shape index (κ1) is 15.0. The summed E-state index contributed by atoms with van der Waals surface area (Å²) in [5.41, 5.74) is 3.64. The molecular weight excluding hydrogens is 256 g/mol. The zero-order valence-corrected chi connectivity index (χ0v) is 12.3. The molecule has 20 heavy (non-hydrogen) atoms. The molecule has 2 heterocycles. The number of nitrogen functional groups attached to an aromatic ring is 1. The number of nitrogens with two attached hydrogens (primary N) is 1. The van der Waals surface area contributed by atoms with Gasteiger partial charge in [-0.3, -0.25) is 4.90 Å². The fourth-order valence-electron chi connectivity index (χ4n) is 2.48. The maximum Gasteiger partial charge on any atom is 0.148 e. The summed E-state index contributed by atoms with van der Waals surface area (Å²) in [6.45, 7) is 8.68. The van der Waals surface area contributed by atoms with Crippen LogP contribution < -0.4 is 16.2 Å². The maximum atomic E-state index is 8.98. The number of aryl methyl sites for hydroxylation is 1. The molecule has 2 rings (SSSR count). The van der Waals surface area contributed by atoms with E-state index in [0.717, 1.165) is 56.4 Å². The number of hydrogen-bond acceptors (Lipinski definition) is 7. The number of rotatable bonds is 5. The molecule has 1 aromatic rings. The third-order valence-electron chi connectivity index (χ3n) is 3.71. The van der Waals surface area contributed by atoms with Gasteiger partial charge in [-0.2, -0.15) is 0 Å². The van der Waals surface area contributed by atoms with Gasteiger partial charge in [0.25, 0.3) is 0 Å². The van der Waals surface area contributed by atoms with Crippen molar-refractivity contribution in [2.75, 3.05) is 49.7 Å². The molecule has 0 aliphatic carbocycles. The van der Waals surface area contributed by atoms with Gasteiger partial charge in [-0.15, -0.1) is 0 Å². The zero-order chi connectivity index (χ0) is 14.5. The summed E-state index contributed by atoms with van der Waals surface area (Å²) >= 11 is 0. The van der Waals surface area contributed by atoms with Crippen molar-refractivity contribution in [3.05, 3.63) is 11.4 Å². The molecule has 0 atom stereocenters. The van der Waals surface area contributed by atoms with Gasteiger partial charge in [0.2, 0.25) is 0 Å². The molecule has 1 aliphatic heterocycles. The normalized spacial score (nSPS) is 16.5. The van der Waals surface area contributed by atoms with Crippen molar-refractivity contribution < 1.29 is 5.11 Å². The van der Waals surface area contributed by atoms with Gasteiger partial charge in [0, 0.05) is 44.7 Å². The van der Waals surface area contributed by atoms with Crippen LogP contribution >= 0.6 is 0 Å². The van der Waals surface area contributed by atoms with Crippen LogP contribution in [-0.2, 0) is 6.42 Å². The van der Waals surface area contributed by atoms with E-state index in [9.17, 15) is 0 Å². The quantitative estimate of drug-likeness (QED) is 0.506. The minimum atomic E-state index is 0.216. The smallest absolute Gasteiger partial charge is 0.148 e. The first-order valence-electron chi connectivity index (χ1n) is 7.11. The largest absolute Gasteiger partial charge is 0.395 e. The Kier molecular flexibility index (Phi) is 5.11. The average Bonchev–Trinajstić information content (AvgIpc) is 2.49. The number of hydrazine groups is 1. The summed E-state index contributed by atoms with van der Waals surface area (Å²) in [7, 11) is 0. The fraction of sp³-hybridized carbons (Fsp3) is 0.692. The third kappa shape index (κ3) is 3.17. The maximum absolute atomic E-state index is 8.98. The summed E-state index contributed by atoms with van der Waals surface area (Å²) in [6, 6.07) is 0. The number of nitrogens with zero attached hydrogens (tertiary/aromatic N) is 4. The predicted molar refractivity (Wildman–Crippen MR) is 79.7 cm³/mol. The van der Waals surface area contributed by atoms with Crippen molar-refractivity contribution in [2.45, 2.75) is 20.3 Å². The lowest BCUT2D eigenvalue weighted by Gasteiger charge is -2.36. The standard InChI is InChI=1S/C13H24N6O/c1-3-11-15-12(17-14)10(2)13(16-11)19-6-4-18(5-7-19)8-9-20/h20H,3-9,14H2,1-2H3,(H,15,16,17). The van der Waals surface area contributed by atoms with Crippen LogP contribution in [0.1, 0.15) is 18.3 Å². The summed E-state index contributed by atoms with van der Waals surface area (Å²) in [6.07, 6.45) is 0.784. The molecule has 4 N–H and O–H groups in total. The Bertz CT molecular complexity index is 445. The second kappa shape index (κ2) is 6.83. The lowest BCUT2D eigenvalue weighted by molar-refractivity contribution is 0.188. The van der Waals surface area contributed by atoms with E-state index >= 15 is 0 Å². The molecule has 0 spiro atoms. The summed E-state index contributed by atoms with van der Waals surface area (Å²) < 4.78 is 0. The Hall–Kier alpha value is -1.44. The van der Waals surface area contributed by atoms with E-state index in [4.69, 9.17) is 10.9 Å². The monoisotopic (exact) mass is 280 g/mol. The molecule has 112 valence electrons. The SMILES string of the molecule is CCc1nc(NN)c(C)c(N2CCN(CCO)CC2)n1. The van der Waals surface area contributed by atoms with Crippen LogP contribution in [0.25, 0.3) is 0 Å². The highest BCUT2D eigenvalue weighted by atomic mass is 16.3. The minimum absolute atomic E-state index is 0.216. The predicted octanol–water partition coefficient (Wildman–Crippen LogP) is -0.253. The Morgan fingerprint density at radius 2 is 1.95 bits per heavy atom. The van der Waals surface area contributed by atoms with Gasteiger partial charge in [-0.1, -0.05) is 6.92 Å². The van der Waals surface area contributed by atoms with Crippen molar-refractivity contribution in [3.8, 4) is 0 Å². The van der Waals surface area contributed by atoms with Crippen LogP contribution in [0, 0.1) is 6.92 Å². The number of hydrogen-bond donors (Lipinski definition) is 3. The summed E-state index contributed by atoms with van der Waals surface area (Å²) in [5, 5.41) is 8.98. The van der Waals surface area contributed by atoms with Crippen molar-refractivity contribution >= 4 is 11.6 Å². The van der Waals surface area contributed by atoms with Gasteiger partial charge >= 0.3 is 0 Å².